The van der Waals surface area contributed by atoms with Gasteiger partial charge in [-0.1, -0.05) is 29.5 Å². The number of carboxylic acid groups (broad SMARTS) is 2. The largest absolute Gasteiger partial charge is 0.493 e. The topological polar surface area (TPSA) is 112 Å². The third kappa shape index (κ3) is 6.64. The van der Waals surface area contributed by atoms with E-state index in [4.69, 9.17) is 29.5 Å². The number of halogens is 1. The highest BCUT2D eigenvalue weighted by Gasteiger charge is 2.37. The number of anilines is 1. The van der Waals surface area contributed by atoms with Crippen molar-refractivity contribution in [1.82, 2.24) is 10.3 Å². The molecule has 0 radical (unpaired) electrons. The fraction of sp³-hybridized carbons (Fsp3) is 0.375. The van der Waals surface area contributed by atoms with Crippen LogP contribution in [0.5, 0.6) is 5.75 Å². The summed E-state index contributed by atoms with van der Waals surface area (Å²) in [6.07, 6.45) is 4.20. The number of carboxylic acids is 2. The second kappa shape index (κ2) is 11.8. The minimum Gasteiger partial charge on any atom is -0.493 e. The fourth-order valence-electron chi connectivity index (χ4n) is 3.97. The number of hydrogen-bond donors (Lipinski definition) is 3. The van der Waals surface area contributed by atoms with Crippen LogP contribution in [-0.4, -0.2) is 59.4 Å². The molecule has 0 amide bonds. The molecule has 1 fully saturated rings. The molecule has 4 rings (SSSR count). The van der Waals surface area contributed by atoms with Crippen LogP contribution in [0.15, 0.2) is 48.5 Å². The van der Waals surface area contributed by atoms with Gasteiger partial charge in [0.2, 0.25) is 0 Å². The van der Waals surface area contributed by atoms with Gasteiger partial charge in [-0.05, 0) is 56.5 Å². The van der Waals surface area contributed by atoms with Crippen molar-refractivity contribution in [1.29, 1.82) is 0 Å². The Morgan fingerprint density at radius 3 is 2.62 bits per heavy atom. The first kappa shape index (κ1) is 25.4. The molecule has 1 aliphatic rings. The Morgan fingerprint density at radius 2 is 1.97 bits per heavy atom. The van der Waals surface area contributed by atoms with Gasteiger partial charge < -0.3 is 25.2 Å². The van der Waals surface area contributed by atoms with Crippen LogP contribution in [0.1, 0.15) is 25.7 Å². The van der Waals surface area contributed by atoms with Crippen molar-refractivity contribution in [2.24, 2.45) is 0 Å². The second-order valence-corrected chi connectivity index (χ2v) is 9.06. The number of hydrogen-bond acceptors (Lipinski definition) is 7. The smallest absolute Gasteiger partial charge is 0.414 e. The van der Waals surface area contributed by atoms with Gasteiger partial charge in [-0.3, -0.25) is 0 Å². The van der Waals surface area contributed by atoms with Gasteiger partial charge in [0.1, 0.15) is 11.6 Å². The number of piperidine rings is 1. The third-order valence-corrected chi connectivity index (χ3v) is 6.88. The fourth-order valence-corrected chi connectivity index (χ4v) is 5.01. The van der Waals surface area contributed by atoms with E-state index in [0.29, 0.717) is 12.4 Å². The first-order valence-electron chi connectivity index (χ1n) is 11.0. The van der Waals surface area contributed by atoms with Gasteiger partial charge >= 0.3 is 11.9 Å². The van der Waals surface area contributed by atoms with Crippen LogP contribution in [0.3, 0.4) is 0 Å². The van der Waals surface area contributed by atoms with E-state index in [1.807, 2.05) is 6.07 Å². The molecule has 1 aliphatic heterocycles. The van der Waals surface area contributed by atoms with Crippen molar-refractivity contribution >= 4 is 38.6 Å². The molecular formula is C24H28FN3O5S. The molecule has 2 heterocycles. The van der Waals surface area contributed by atoms with E-state index < -0.39 is 11.9 Å². The van der Waals surface area contributed by atoms with Gasteiger partial charge in [-0.2, -0.15) is 0 Å². The lowest BCUT2D eigenvalue weighted by atomic mass is 9.84. The molecular weight excluding hydrogens is 461 g/mol. The average molecular weight is 490 g/mol. The van der Waals surface area contributed by atoms with E-state index in [0.717, 1.165) is 49.4 Å². The van der Waals surface area contributed by atoms with Crippen LogP contribution in [0.25, 0.3) is 10.2 Å². The zero-order chi connectivity index (χ0) is 24.6. The quantitative estimate of drug-likeness (QED) is 0.337. The first-order chi connectivity index (χ1) is 16.3. The van der Waals surface area contributed by atoms with Crippen LogP contribution in [0.2, 0.25) is 0 Å². The monoisotopic (exact) mass is 489 g/mol. The van der Waals surface area contributed by atoms with Crippen LogP contribution in [0, 0.1) is 5.82 Å². The van der Waals surface area contributed by atoms with Crippen molar-refractivity contribution < 1.29 is 28.9 Å². The van der Waals surface area contributed by atoms with Crippen molar-refractivity contribution in [2.45, 2.75) is 31.2 Å². The first-order valence-corrected chi connectivity index (χ1v) is 11.8. The standard InChI is InChI=1S/C22H26FN3OS.C2H2O4/c1-26(21-25-19-9-2-3-10-20(19)28-21)22(11-5-13-24-16-22)12-6-14-27-18-8-4-7-17(23)15-18;3-1(4)2(5)6/h2-4,7-10,15,24H,5-6,11-14,16H2,1H3;(H,3,4)(H,5,6). The summed E-state index contributed by atoms with van der Waals surface area (Å²) in [6.45, 7) is 2.59. The highest BCUT2D eigenvalue weighted by atomic mass is 32.1. The molecule has 182 valence electrons. The number of fused-ring (bicyclic) bond motifs is 1. The minimum absolute atomic E-state index is 0.0252. The minimum atomic E-state index is -1.82. The molecule has 1 saturated heterocycles. The van der Waals surface area contributed by atoms with Gasteiger partial charge in [-0.25, -0.2) is 19.0 Å². The van der Waals surface area contributed by atoms with Crippen molar-refractivity contribution in [3.8, 4) is 5.75 Å². The van der Waals surface area contributed by atoms with Gasteiger partial charge in [0.25, 0.3) is 0 Å². The summed E-state index contributed by atoms with van der Waals surface area (Å²) in [5.41, 5.74) is 1.08. The maximum absolute atomic E-state index is 13.3. The average Bonchev–Trinajstić information content (AvgIpc) is 3.27. The maximum atomic E-state index is 13.3. The number of nitrogens with zero attached hydrogens (tertiary/aromatic N) is 2. The Kier molecular flexibility index (Phi) is 8.78. The summed E-state index contributed by atoms with van der Waals surface area (Å²) in [4.78, 5) is 25.4. The SMILES string of the molecule is CN(c1nc2ccccc2s1)C1(CCCOc2cccc(F)c2)CCCNC1.O=C(O)C(=O)O. The summed E-state index contributed by atoms with van der Waals surface area (Å²) in [7, 11) is 2.16. The predicted octanol–water partition coefficient (Wildman–Crippen LogP) is 4.01. The summed E-state index contributed by atoms with van der Waals surface area (Å²) in [5, 5.41) is 19.4. The molecule has 0 spiro atoms. The predicted molar refractivity (Wildman–Crippen MR) is 129 cm³/mol. The lowest BCUT2D eigenvalue weighted by Gasteiger charge is -2.45. The normalized spacial score (nSPS) is 17.5. The van der Waals surface area contributed by atoms with Crippen LogP contribution < -0.4 is 15.0 Å². The molecule has 0 bridgehead atoms. The van der Waals surface area contributed by atoms with Crippen molar-refractivity contribution in [2.75, 3.05) is 31.6 Å². The Morgan fingerprint density at radius 1 is 1.21 bits per heavy atom. The number of ether oxygens (including phenoxy) is 1. The van der Waals surface area contributed by atoms with Crippen molar-refractivity contribution in [3.05, 3.63) is 54.3 Å². The number of benzene rings is 2. The number of carbonyl (C=O) groups is 2. The maximum Gasteiger partial charge on any atom is 0.414 e. The number of para-hydroxylation sites is 1. The molecule has 10 heteroatoms. The summed E-state index contributed by atoms with van der Waals surface area (Å²) in [5.74, 6) is -3.32. The molecule has 1 atom stereocenters. The molecule has 3 N–H and O–H groups in total. The Hall–Kier alpha value is -3.24. The van der Waals surface area contributed by atoms with Crippen LogP contribution >= 0.6 is 11.3 Å². The molecule has 34 heavy (non-hydrogen) atoms. The zero-order valence-electron chi connectivity index (χ0n) is 18.9. The van der Waals surface area contributed by atoms with Crippen molar-refractivity contribution in [3.63, 3.8) is 0 Å². The molecule has 0 aliphatic carbocycles. The molecule has 3 aromatic rings. The van der Waals surface area contributed by atoms with Crippen LogP contribution in [0.4, 0.5) is 9.52 Å². The highest BCUT2D eigenvalue weighted by Crippen LogP contribution is 2.36. The van der Waals surface area contributed by atoms with E-state index in [1.165, 1.54) is 16.8 Å². The summed E-state index contributed by atoms with van der Waals surface area (Å²) < 4.78 is 20.3. The number of aromatic nitrogens is 1. The Labute approximate surface area is 201 Å². The summed E-state index contributed by atoms with van der Waals surface area (Å²) in [6, 6.07) is 14.6. The number of thiazole rings is 1. The second-order valence-electron chi connectivity index (χ2n) is 8.05. The third-order valence-electron chi connectivity index (χ3n) is 5.77. The zero-order valence-corrected chi connectivity index (χ0v) is 19.7. The van der Waals surface area contributed by atoms with E-state index in [1.54, 1.807) is 23.5 Å². The lowest BCUT2D eigenvalue weighted by molar-refractivity contribution is -0.159. The van der Waals surface area contributed by atoms with Crippen LogP contribution in [-0.2, 0) is 9.59 Å². The van der Waals surface area contributed by atoms with Gasteiger partial charge in [0.15, 0.2) is 5.13 Å². The van der Waals surface area contributed by atoms with E-state index >= 15 is 0 Å². The van der Waals surface area contributed by atoms with Gasteiger partial charge in [0.05, 0.1) is 22.4 Å². The van der Waals surface area contributed by atoms with Gasteiger partial charge in [-0.15, -0.1) is 0 Å². The van der Waals surface area contributed by atoms with E-state index in [9.17, 15) is 4.39 Å². The Bertz CT molecular complexity index is 1070. The molecule has 2 aromatic carbocycles. The highest BCUT2D eigenvalue weighted by molar-refractivity contribution is 7.22. The van der Waals surface area contributed by atoms with E-state index in [-0.39, 0.29) is 11.4 Å². The molecule has 1 unspecified atom stereocenters. The molecule has 1 aromatic heterocycles. The molecule has 8 nitrogen and oxygen atoms in total. The number of nitrogens with one attached hydrogen (secondary N) is 1. The van der Waals surface area contributed by atoms with Gasteiger partial charge in [0, 0.05) is 19.7 Å². The number of likely N-dealkylation sites (N-methyl/N-ethyl adjacent to an activating group) is 1. The number of rotatable bonds is 7. The lowest BCUT2D eigenvalue weighted by Crippen LogP contribution is -2.56. The summed E-state index contributed by atoms with van der Waals surface area (Å²) >= 11 is 1.75. The number of aliphatic carboxylic acids is 2. The Balaban J connectivity index is 0.000000481. The van der Waals surface area contributed by atoms with E-state index in [2.05, 4.69) is 35.5 Å². The molecule has 0 saturated carbocycles.